The molecule has 0 fully saturated rings. The molecule has 0 bridgehead atoms. The van der Waals surface area contributed by atoms with Crippen molar-refractivity contribution in [2.24, 2.45) is 0 Å². The van der Waals surface area contributed by atoms with Crippen LogP contribution in [0, 0.1) is 11.3 Å². The summed E-state index contributed by atoms with van der Waals surface area (Å²) in [7, 11) is 0. The Bertz CT molecular complexity index is 2090. The third kappa shape index (κ3) is 3.66. The van der Waals surface area contributed by atoms with Crippen LogP contribution < -0.4 is 9.64 Å². The Balaban J connectivity index is 1.22. The predicted molar refractivity (Wildman–Crippen MR) is 163 cm³/mol. The van der Waals surface area contributed by atoms with Crippen molar-refractivity contribution in [2.75, 3.05) is 4.90 Å². The van der Waals surface area contributed by atoms with Crippen molar-refractivity contribution in [3.05, 3.63) is 139 Å². The number of nitriles is 1. The zero-order chi connectivity index (χ0) is 27.3. The van der Waals surface area contributed by atoms with E-state index in [0.29, 0.717) is 5.56 Å². The molecule has 0 aliphatic carbocycles. The number of fused-ring (bicyclic) bond motifs is 5. The van der Waals surface area contributed by atoms with Gasteiger partial charge in [-0.05, 0) is 84.4 Å². The van der Waals surface area contributed by atoms with Crippen LogP contribution in [0.1, 0.15) is 5.56 Å². The van der Waals surface area contributed by atoms with Gasteiger partial charge in [-0.1, -0.05) is 48.5 Å². The van der Waals surface area contributed by atoms with E-state index in [2.05, 4.69) is 82.3 Å². The molecular formula is C36H22N4O. The van der Waals surface area contributed by atoms with Gasteiger partial charge in [0.25, 0.3) is 0 Å². The second-order valence-electron chi connectivity index (χ2n) is 10.0. The first-order chi connectivity index (χ1) is 20.3. The number of benzene rings is 5. The number of anilines is 3. The number of para-hydroxylation sites is 5. The molecule has 7 aromatic rings. The topological polar surface area (TPSA) is 54.1 Å². The van der Waals surface area contributed by atoms with Crippen molar-refractivity contribution < 1.29 is 4.74 Å². The molecule has 1 aliphatic rings. The summed E-state index contributed by atoms with van der Waals surface area (Å²) in [6.45, 7) is 0. The van der Waals surface area contributed by atoms with E-state index in [9.17, 15) is 5.26 Å². The Morgan fingerprint density at radius 2 is 1.27 bits per heavy atom. The standard InChI is InChI=1S/C36H22N4O/c37-22-24-13-17-27(18-14-24)39-30-8-2-1-7-28(30)29-21-25(15-19-31(29)39)26-16-20-36(38-23-26)40-32-9-3-5-11-34(32)41-35-12-6-4-10-33(35)40/h1-21,23H. The van der Waals surface area contributed by atoms with Crippen molar-refractivity contribution >= 4 is 39.0 Å². The van der Waals surface area contributed by atoms with Gasteiger partial charge in [-0.2, -0.15) is 5.26 Å². The van der Waals surface area contributed by atoms with E-state index in [4.69, 9.17) is 9.72 Å². The summed E-state index contributed by atoms with van der Waals surface area (Å²) >= 11 is 0. The van der Waals surface area contributed by atoms with Gasteiger partial charge < -0.3 is 9.30 Å². The van der Waals surface area contributed by atoms with Crippen LogP contribution in [-0.4, -0.2) is 9.55 Å². The lowest BCUT2D eigenvalue weighted by molar-refractivity contribution is 0.476. The maximum atomic E-state index is 9.25. The summed E-state index contributed by atoms with van der Waals surface area (Å²) in [5, 5.41) is 11.6. The maximum Gasteiger partial charge on any atom is 0.151 e. The number of rotatable bonds is 3. The second-order valence-corrected chi connectivity index (χ2v) is 10.0. The molecule has 0 saturated heterocycles. The van der Waals surface area contributed by atoms with E-state index >= 15 is 0 Å². The van der Waals surface area contributed by atoms with Crippen molar-refractivity contribution in [2.45, 2.75) is 0 Å². The van der Waals surface area contributed by atoms with Gasteiger partial charge in [0.1, 0.15) is 5.82 Å². The highest BCUT2D eigenvalue weighted by molar-refractivity contribution is 6.10. The number of hydrogen-bond donors (Lipinski definition) is 0. The Labute approximate surface area is 236 Å². The van der Waals surface area contributed by atoms with Crippen LogP contribution in [0.25, 0.3) is 38.6 Å². The molecule has 0 radical (unpaired) electrons. The molecule has 2 aromatic heterocycles. The molecule has 0 saturated carbocycles. The van der Waals surface area contributed by atoms with Gasteiger partial charge in [-0.3, -0.25) is 4.90 Å². The maximum absolute atomic E-state index is 9.25. The molecule has 0 unspecified atom stereocenters. The van der Waals surface area contributed by atoms with Gasteiger partial charge >= 0.3 is 0 Å². The average molecular weight is 527 g/mol. The molecule has 0 N–H and O–H groups in total. The summed E-state index contributed by atoms with van der Waals surface area (Å²) in [4.78, 5) is 7.07. The minimum Gasteiger partial charge on any atom is -0.453 e. The highest BCUT2D eigenvalue weighted by Gasteiger charge is 2.26. The molecule has 5 nitrogen and oxygen atoms in total. The number of nitrogens with zero attached hydrogens (tertiary/aromatic N) is 4. The first-order valence-corrected chi connectivity index (χ1v) is 13.4. The lowest BCUT2D eigenvalue weighted by Gasteiger charge is -2.31. The van der Waals surface area contributed by atoms with E-state index in [1.165, 1.54) is 10.8 Å². The summed E-state index contributed by atoms with van der Waals surface area (Å²) in [5.74, 6) is 2.44. The zero-order valence-corrected chi connectivity index (χ0v) is 21.9. The quantitative estimate of drug-likeness (QED) is 0.230. The van der Waals surface area contributed by atoms with Gasteiger partial charge in [-0.25, -0.2) is 4.98 Å². The fourth-order valence-corrected chi connectivity index (χ4v) is 5.76. The normalized spacial score (nSPS) is 12.0. The highest BCUT2D eigenvalue weighted by Crippen LogP contribution is 2.49. The number of ether oxygens (including phenoxy) is 1. The minimum atomic E-state index is 0.650. The Hall–Kier alpha value is -5.86. The van der Waals surface area contributed by atoms with Crippen LogP contribution >= 0.6 is 0 Å². The second kappa shape index (κ2) is 9.11. The van der Waals surface area contributed by atoms with Crippen molar-refractivity contribution in [3.8, 4) is 34.4 Å². The molecule has 0 atom stereocenters. The van der Waals surface area contributed by atoms with Gasteiger partial charge in [0, 0.05) is 28.2 Å². The first-order valence-electron chi connectivity index (χ1n) is 13.4. The van der Waals surface area contributed by atoms with E-state index in [0.717, 1.165) is 56.5 Å². The lowest BCUT2D eigenvalue weighted by atomic mass is 10.0. The third-order valence-electron chi connectivity index (χ3n) is 7.67. The van der Waals surface area contributed by atoms with Gasteiger partial charge in [0.05, 0.1) is 34.0 Å². The largest absolute Gasteiger partial charge is 0.453 e. The van der Waals surface area contributed by atoms with Gasteiger partial charge in [-0.15, -0.1) is 0 Å². The number of pyridine rings is 1. The molecule has 3 heterocycles. The highest BCUT2D eigenvalue weighted by atomic mass is 16.5. The van der Waals surface area contributed by atoms with E-state index < -0.39 is 0 Å². The van der Waals surface area contributed by atoms with Gasteiger partial charge in [0.15, 0.2) is 11.5 Å². The number of aromatic nitrogens is 2. The molecule has 41 heavy (non-hydrogen) atoms. The fourth-order valence-electron chi connectivity index (χ4n) is 5.76. The smallest absolute Gasteiger partial charge is 0.151 e. The summed E-state index contributed by atoms with van der Waals surface area (Å²) < 4.78 is 8.41. The predicted octanol–water partition coefficient (Wildman–Crippen LogP) is 9.29. The molecule has 5 aromatic carbocycles. The SMILES string of the molecule is N#Cc1ccc(-n2c3ccccc3c3cc(-c4ccc(N5c6ccccc6Oc6ccccc65)nc4)ccc32)cc1. The van der Waals surface area contributed by atoms with Gasteiger partial charge in [0.2, 0.25) is 0 Å². The van der Waals surface area contributed by atoms with Crippen LogP contribution in [0.5, 0.6) is 11.5 Å². The third-order valence-corrected chi connectivity index (χ3v) is 7.67. The van der Waals surface area contributed by atoms with Crippen molar-refractivity contribution in [1.82, 2.24) is 9.55 Å². The molecule has 1 aliphatic heterocycles. The number of hydrogen-bond acceptors (Lipinski definition) is 4. The molecule has 8 rings (SSSR count). The molecular weight excluding hydrogens is 504 g/mol. The van der Waals surface area contributed by atoms with E-state index in [-0.39, 0.29) is 0 Å². The van der Waals surface area contributed by atoms with E-state index in [1.807, 2.05) is 66.9 Å². The zero-order valence-electron chi connectivity index (χ0n) is 21.9. The van der Waals surface area contributed by atoms with Crippen LogP contribution in [-0.2, 0) is 0 Å². The summed E-state index contributed by atoms with van der Waals surface area (Å²) in [6, 6.07) is 45.2. The van der Waals surface area contributed by atoms with Crippen molar-refractivity contribution in [1.29, 1.82) is 5.26 Å². The summed E-state index contributed by atoms with van der Waals surface area (Å²) in [6.07, 6.45) is 1.94. The average Bonchev–Trinajstić information content (AvgIpc) is 3.37. The monoisotopic (exact) mass is 526 g/mol. The minimum absolute atomic E-state index is 0.650. The van der Waals surface area contributed by atoms with Crippen LogP contribution in [0.15, 0.2) is 134 Å². The molecule has 0 amide bonds. The molecule has 192 valence electrons. The van der Waals surface area contributed by atoms with Crippen LogP contribution in [0.4, 0.5) is 17.2 Å². The van der Waals surface area contributed by atoms with Crippen molar-refractivity contribution in [3.63, 3.8) is 0 Å². The van der Waals surface area contributed by atoms with E-state index in [1.54, 1.807) is 0 Å². The first kappa shape index (κ1) is 23.1. The summed E-state index contributed by atoms with van der Waals surface area (Å²) in [5.41, 5.74) is 7.99. The van der Waals surface area contributed by atoms with Crippen LogP contribution in [0.3, 0.4) is 0 Å². The Morgan fingerprint density at radius 3 is 1.98 bits per heavy atom. The molecule has 5 heteroatoms. The molecule has 0 spiro atoms. The Morgan fingerprint density at radius 1 is 0.610 bits per heavy atom. The van der Waals surface area contributed by atoms with Crippen LogP contribution in [0.2, 0.25) is 0 Å². The fraction of sp³-hybridized carbons (Fsp3) is 0. The Kier molecular flexibility index (Phi) is 5.13. The lowest BCUT2D eigenvalue weighted by Crippen LogP contribution is -2.16.